The maximum absolute atomic E-state index is 12.6. The summed E-state index contributed by atoms with van der Waals surface area (Å²) in [5.41, 5.74) is 0.741. The average Bonchev–Trinajstić information content (AvgIpc) is 3.29. The van der Waals surface area contributed by atoms with Gasteiger partial charge in [-0.05, 0) is 24.8 Å². The van der Waals surface area contributed by atoms with Gasteiger partial charge in [0.05, 0.1) is 5.56 Å². The molecule has 2 aromatic heterocycles. The number of rotatable bonds is 5. The minimum atomic E-state index is -0.384. The van der Waals surface area contributed by atoms with Crippen molar-refractivity contribution in [3.63, 3.8) is 0 Å². The number of H-pyrrole nitrogens is 1. The third-order valence-corrected chi connectivity index (χ3v) is 4.32. The molecule has 3 rings (SSSR count). The number of hydrogen-bond acceptors (Lipinski definition) is 6. The highest BCUT2D eigenvalue weighted by Crippen LogP contribution is 2.30. The number of amides is 1. The number of hydrogen-bond donors (Lipinski definition) is 2. The van der Waals surface area contributed by atoms with Gasteiger partial charge in [-0.15, -0.1) is 0 Å². The number of aromatic nitrogens is 3. The number of ether oxygens (including phenoxy) is 1. The third-order valence-electron chi connectivity index (χ3n) is 4.32. The van der Waals surface area contributed by atoms with Gasteiger partial charge in [0.15, 0.2) is 5.82 Å². The molecule has 3 heterocycles. The molecule has 0 aliphatic carbocycles. The van der Waals surface area contributed by atoms with E-state index in [1.165, 1.54) is 12.3 Å². The van der Waals surface area contributed by atoms with Crippen molar-refractivity contribution in [2.24, 2.45) is 5.92 Å². The summed E-state index contributed by atoms with van der Waals surface area (Å²) in [5.74, 6) is 1.03. The van der Waals surface area contributed by atoms with Gasteiger partial charge in [-0.2, -0.15) is 10.2 Å². The molecule has 0 spiro atoms. The molecule has 1 fully saturated rings. The number of aromatic amines is 1. The predicted molar refractivity (Wildman–Crippen MR) is 87.6 cm³/mol. The number of carbonyl (C=O) groups is 1. The largest absolute Gasteiger partial charge is 0.381 e. The Morgan fingerprint density at radius 2 is 2.20 bits per heavy atom. The van der Waals surface area contributed by atoms with Crippen molar-refractivity contribution in [1.82, 2.24) is 20.4 Å². The number of carbonyl (C=O) groups excluding carboxylic acids is 1. The van der Waals surface area contributed by atoms with E-state index in [2.05, 4.69) is 20.4 Å². The molecule has 1 aliphatic rings. The number of nitrogens with zero attached hydrogens (tertiary/aromatic N) is 3. The first-order valence-electron chi connectivity index (χ1n) is 8.39. The molecule has 0 saturated carbocycles. The van der Waals surface area contributed by atoms with Crippen molar-refractivity contribution in [3.8, 4) is 6.07 Å². The molecule has 8 heteroatoms. The van der Waals surface area contributed by atoms with Gasteiger partial charge >= 0.3 is 0 Å². The molecule has 0 aromatic carbocycles. The second-order valence-electron chi connectivity index (χ2n) is 6.46. The maximum atomic E-state index is 12.6. The van der Waals surface area contributed by atoms with Crippen molar-refractivity contribution in [2.45, 2.75) is 38.6 Å². The van der Waals surface area contributed by atoms with E-state index < -0.39 is 0 Å². The Hall–Kier alpha value is -2.66. The second kappa shape index (κ2) is 7.49. The first-order valence-corrected chi connectivity index (χ1v) is 8.39. The molecule has 132 valence electrons. The van der Waals surface area contributed by atoms with Gasteiger partial charge in [0.2, 0.25) is 5.89 Å². The van der Waals surface area contributed by atoms with Crippen LogP contribution in [0.2, 0.25) is 0 Å². The lowest BCUT2D eigenvalue weighted by molar-refractivity contribution is 0.0467. The Kier molecular flexibility index (Phi) is 5.14. The number of nitrogens with one attached hydrogen (secondary N) is 2. The molecule has 1 atom stereocenters. The van der Waals surface area contributed by atoms with Gasteiger partial charge in [-0.3, -0.25) is 4.79 Å². The molecular formula is C17H21N5O3. The van der Waals surface area contributed by atoms with Gasteiger partial charge in [0, 0.05) is 25.3 Å². The molecule has 25 heavy (non-hydrogen) atoms. The summed E-state index contributed by atoms with van der Waals surface area (Å²) in [6.45, 7) is 5.25. The molecule has 1 amide bonds. The van der Waals surface area contributed by atoms with Gasteiger partial charge in [-0.1, -0.05) is 19.0 Å². The van der Waals surface area contributed by atoms with Crippen LogP contribution in [-0.4, -0.2) is 34.2 Å². The van der Waals surface area contributed by atoms with Crippen molar-refractivity contribution in [2.75, 3.05) is 13.2 Å². The van der Waals surface area contributed by atoms with Crippen LogP contribution in [0.5, 0.6) is 0 Å². The van der Waals surface area contributed by atoms with E-state index in [0.717, 1.165) is 12.8 Å². The zero-order chi connectivity index (χ0) is 17.8. The van der Waals surface area contributed by atoms with E-state index in [1.54, 1.807) is 0 Å². The van der Waals surface area contributed by atoms with Crippen molar-refractivity contribution < 1.29 is 14.1 Å². The molecule has 1 saturated heterocycles. The van der Waals surface area contributed by atoms with Crippen LogP contribution in [0, 0.1) is 17.2 Å². The van der Waals surface area contributed by atoms with E-state index in [4.69, 9.17) is 14.5 Å². The molecule has 0 bridgehead atoms. The van der Waals surface area contributed by atoms with Crippen molar-refractivity contribution in [1.29, 1.82) is 5.26 Å². The Morgan fingerprint density at radius 1 is 1.44 bits per heavy atom. The Labute approximate surface area is 145 Å². The molecule has 2 N–H and O–H groups in total. The van der Waals surface area contributed by atoms with E-state index in [9.17, 15) is 4.79 Å². The summed E-state index contributed by atoms with van der Waals surface area (Å²) in [6, 6.07) is 3.13. The first kappa shape index (κ1) is 17.2. The second-order valence-corrected chi connectivity index (χ2v) is 6.46. The quantitative estimate of drug-likeness (QED) is 0.860. The van der Waals surface area contributed by atoms with Crippen molar-refractivity contribution >= 4 is 5.91 Å². The lowest BCUT2D eigenvalue weighted by Gasteiger charge is -2.28. The minimum absolute atomic E-state index is 0.144. The highest BCUT2D eigenvalue weighted by molar-refractivity contribution is 5.93. The topological polar surface area (TPSA) is 117 Å². The van der Waals surface area contributed by atoms with E-state index in [-0.39, 0.29) is 23.8 Å². The lowest BCUT2D eigenvalue weighted by atomic mass is 9.91. The third kappa shape index (κ3) is 3.88. The average molecular weight is 343 g/mol. The van der Waals surface area contributed by atoms with Crippen LogP contribution in [0.3, 0.4) is 0 Å². The Bertz CT molecular complexity index is 767. The smallest absolute Gasteiger partial charge is 0.268 e. The molecule has 0 unspecified atom stereocenters. The fourth-order valence-corrected chi connectivity index (χ4v) is 2.85. The maximum Gasteiger partial charge on any atom is 0.268 e. The highest BCUT2D eigenvalue weighted by Gasteiger charge is 2.32. The summed E-state index contributed by atoms with van der Waals surface area (Å²) < 4.78 is 10.8. The van der Waals surface area contributed by atoms with Crippen LogP contribution in [0.4, 0.5) is 0 Å². The fourth-order valence-electron chi connectivity index (χ4n) is 2.85. The van der Waals surface area contributed by atoms with Crippen LogP contribution in [-0.2, 0) is 4.74 Å². The molecule has 1 aliphatic heterocycles. The summed E-state index contributed by atoms with van der Waals surface area (Å²) in [7, 11) is 0. The van der Waals surface area contributed by atoms with Gasteiger partial charge in [0.25, 0.3) is 5.91 Å². The molecule has 2 aromatic rings. The molecular weight excluding hydrogens is 322 g/mol. The van der Waals surface area contributed by atoms with Crippen LogP contribution >= 0.6 is 0 Å². The highest BCUT2D eigenvalue weighted by atomic mass is 16.5. The Morgan fingerprint density at radius 3 is 2.80 bits per heavy atom. The normalized spacial score (nSPS) is 16.6. The van der Waals surface area contributed by atoms with Crippen LogP contribution < -0.4 is 5.32 Å². The summed E-state index contributed by atoms with van der Waals surface area (Å²) in [4.78, 5) is 19.8. The van der Waals surface area contributed by atoms with Crippen molar-refractivity contribution in [3.05, 3.63) is 35.2 Å². The fraction of sp³-hybridized carbons (Fsp3) is 0.529. The van der Waals surface area contributed by atoms with Gasteiger partial charge in [0.1, 0.15) is 17.8 Å². The number of nitriles is 1. The SMILES string of the molecule is CC(C)c1noc([C@H](NC(=O)c2cc(C#N)c[nH]2)C2CCOCC2)n1. The van der Waals surface area contributed by atoms with Crippen LogP contribution in [0.15, 0.2) is 16.8 Å². The van der Waals surface area contributed by atoms with E-state index >= 15 is 0 Å². The van der Waals surface area contributed by atoms with E-state index in [0.29, 0.717) is 36.2 Å². The minimum Gasteiger partial charge on any atom is -0.381 e. The summed E-state index contributed by atoms with van der Waals surface area (Å²) in [5, 5.41) is 15.9. The van der Waals surface area contributed by atoms with E-state index in [1.807, 2.05) is 19.9 Å². The monoisotopic (exact) mass is 343 g/mol. The predicted octanol–water partition coefficient (Wildman–Crippen LogP) is 2.29. The molecule has 0 radical (unpaired) electrons. The van der Waals surface area contributed by atoms with Gasteiger partial charge in [-0.25, -0.2) is 0 Å². The zero-order valence-corrected chi connectivity index (χ0v) is 14.3. The standard InChI is InChI=1S/C17H21N5O3/c1-10(2)15-21-17(25-22-15)14(12-3-5-24-6-4-12)20-16(23)13-7-11(8-18)9-19-13/h7,9-10,12,14,19H,3-6H2,1-2H3,(H,20,23)/t14-/m1/s1. The summed E-state index contributed by atoms with van der Waals surface area (Å²) >= 11 is 0. The first-order chi connectivity index (χ1) is 12.1. The van der Waals surface area contributed by atoms with Crippen LogP contribution in [0.1, 0.15) is 66.4 Å². The molecule has 8 nitrogen and oxygen atoms in total. The van der Waals surface area contributed by atoms with Crippen LogP contribution in [0.25, 0.3) is 0 Å². The van der Waals surface area contributed by atoms with Gasteiger partial charge < -0.3 is 19.6 Å². The summed E-state index contributed by atoms with van der Waals surface area (Å²) in [6.07, 6.45) is 3.11. The lowest BCUT2D eigenvalue weighted by Crippen LogP contribution is -2.36. The Balaban J connectivity index is 1.82. The zero-order valence-electron chi connectivity index (χ0n) is 14.3.